The van der Waals surface area contributed by atoms with Crippen molar-refractivity contribution in [2.24, 2.45) is 0 Å². The summed E-state index contributed by atoms with van der Waals surface area (Å²) in [7, 11) is 0. The lowest BCUT2D eigenvalue weighted by Gasteiger charge is -2.09. The van der Waals surface area contributed by atoms with Gasteiger partial charge in [0, 0.05) is 16.0 Å². The van der Waals surface area contributed by atoms with E-state index in [4.69, 9.17) is 4.98 Å². The molecular weight excluding hydrogens is 330 g/mol. The molecule has 0 bridgehead atoms. The maximum Gasteiger partial charge on any atom is 0.279 e. The molecule has 0 radical (unpaired) electrons. The first-order valence-corrected chi connectivity index (χ1v) is 8.89. The number of rotatable bonds is 2. The summed E-state index contributed by atoms with van der Waals surface area (Å²) in [5.41, 5.74) is 3.92. The Labute approximate surface area is 149 Å². The second-order valence-electron chi connectivity index (χ2n) is 6.13. The average molecular weight is 347 g/mol. The van der Waals surface area contributed by atoms with Crippen LogP contribution >= 0.6 is 11.3 Å². The first kappa shape index (κ1) is 15.7. The molecule has 0 aliphatic carbocycles. The molecule has 0 saturated carbocycles. The number of aromatic nitrogens is 3. The molecule has 0 saturated heterocycles. The number of para-hydroxylation sites is 1. The van der Waals surface area contributed by atoms with E-state index in [1.165, 1.54) is 9.56 Å². The lowest BCUT2D eigenvalue weighted by Crippen LogP contribution is -2.16. The molecule has 0 unspecified atom stereocenters. The van der Waals surface area contributed by atoms with Crippen molar-refractivity contribution in [3.8, 4) is 10.6 Å². The Morgan fingerprint density at radius 2 is 1.84 bits per heavy atom. The fourth-order valence-corrected chi connectivity index (χ4v) is 3.83. The van der Waals surface area contributed by atoms with E-state index in [0.717, 1.165) is 32.9 Å². The molecule has 0 amide bonds. The van der Waals surface area contributed by atoms with Crippen LogP contribution in [0.3, 0.4) is 0 Å². The van der Waals surface area contributed by atoms with Gasteiger partial charge in [0.2, 0.25) is 0 Å². The molecule has 0 spiro atoms. The maximum absolute atomic E-state index is 13.2. The summed E-state index contributed by atoms with van der Waals surface area (Å²) in [4.78, 5) is 20.2. The Morgan fingerprint density at radius 3 is 2.52 bits per heavy atom. The van der Waals surface area contributed by atoms with Crippen molar-refractivity contribution in [3.05, 3.63) is 70.4 Å². The van der Waals surface area contributed by atoms with Gasteiger partial charge in [0.1, 0.15) is 0 Å². The zero-order valence-electron chi connectivity index (χ0n) is 14.3. The molecule has 0 aliphatic heterocycles. The van der Waals surface area contributed by atoms with Crippen molar-refractivity contribution in [2.45, 2.75) is 20.8 Å². The second kappa shape index (κ2) is 5.93. The van der Waals surface area contributed by atoms with Gasteiger partial charge in [-0.1, -0.05) is 18.2 Å². The molecule has 124 valence electrons. The molecule has 4 aromatic rings. The third-order valence-corrected chi connectivity index (χ3v) is 5.16. The van der Waals surface area contributed by atoms with E-state index in [1.807, 2.05) is 50.2 Å². The van der Waals surface area contributed by atoms with E-state index in [0.29, 0.717) is 5.56 Å². The topological polar surface area (TPSA) is 47.8 Å². The number of carbonyl (C=O) groups is 1. The number of carbonyl (C=O) groups excluding carboxylic acids is 1. The smallest absolute Gasteiger partial charge is 0.267 e. The highest BCUT2D eigenvalue weighted by molar-refractivity contribution is 7.15. The highest BCUT2D eigenvalue weighted by atomic mass is 32.1. The zero-order chi connectivity index (χ0) is 17.6. The zero-order valence-corrected chi connectivity index (χ0v) is 15.1. The van der Waals surface area contributed by atoms with Gasteiger partial charge in [-0.05, 0) is 51.1 Å². The van der Waals surface area contributed by atoms with Crippen LogP contribution in [0, 0.1) is 20.8 Å². The van der Waals surface area contributed by atoms with Crippen LogP contribution < -0.4 is 0 Å². The first-order chi connectivity index (χ1) is 12.0. The first-order valence-electron chi connectivity index (χ1n) is 8.07. The van der Waals surface area contributed by atoms with E-state index in [2.05, 4.69) is 24.2 Å². The number of hydrogen-bond donors (Lipinski definition) is 0. The summed E-state index contributed by atoms with van der Waals surface area (Å²) >= 11 is 1.68. The molecule has 3 aromatic heterocycles. The van der Waals surface area contributed by atoms with Crippen molar-refractivity contribution >= 4 is 28.1 Å². The van der Waals surface area contributed by atoms with E-state index in [-0.39, 0.29) is 5.91 Å². The van der Waals surface area contributed by atoms with E-state index in [1.54, 1.807) is 11.3 Å². The summed E-state index contributed by atoms with van der Waals surface area (Å²) in [6, 6.07) is 15.7. The number of nitrogens with zero attached hydrogens (tertiary/aromatic N) is 3. The van der Waals surface area contributed by atoms with Crippen LogP contribution in [0.25, 0.3) is 21.5 Å². The van der Waals surface area contributed by atoms with E-state index >= 15 is 0 Å². The molecule has 3 heterocycles. The minimum Gasteiger partial charge on any atom is -0.267 e. The van der Waals surface area contributed by atoms with E-state index < -0.39 is 0 Å². The Morgan fingerprint density at radius 1 is 1.04 bits per heavy atom. The standard InChI is InChI=1S/C20H17N3OS/c1-12-10-13(2)23(22-12)20(24)16-11-18(19-9-8-14(3)25-19)21-17-7-5-4-6-15(16)17/h4-11H,1-3H3. The second-order valence-corrected chi connectivity index (χ2v) is 7.41. The Balaban J connectivity index is 1.95. The van der Waals surface area contributed by atoms with Gasteiger partial charge in [-0.25, -0.2) is 9.67 Å². The normalized spacial score (nSPS) is 11.2. The number of aryl methyl sites for hydroxylation is 3. The van der Waals surface area contributed by atoms with Crippen LogP contribution in [0.15, 0.2) is 48.5 Å². The van der Waals surface area contributed by atoms with Crippen LogP contribution in [-0.4, -0.2) is 20.7 Å². The van der Waals surface area contributed by atoms with Crippen molar-refractivity contribution in [2.75, 3.05) is 0 Å². The Bertz CT molecular complexity index is 1110. The summed E-state index contributed by atoms with van der Waals surface area (Å²) in [5.74, 6) is -0.126. The van der Waals surface area contributed by atoms with Crippen LogP contribution in [0.1, 0.15) is 26.6 Å². The third kappa shape index (κ3) is 2.76. The molecular formula is C20H17N3OS. The SMILES string of the molecule is Cc1cc(C)n(C(=O)c2cc(-c3ccc(C)s3)nc3ccccc23)n1. The van der Waals surface area contributed by atoms with Crippen molar-refractivity contribution < 1.29 is 4.79 Å². The lowest BCUT2D eigenvalue weighted by atomic mass is 10.1. The molecule has 5 heteroatoms. The summed E-state index contributed by atoms with van der Waals surface area (Å²) in [5, 5.41) is 5.19. The molecule has 4 nitrogen and oxygen atoms in total. The van der Waals surface area contributed by atoms with Gasteiger partial charge in [-0.2, -0.15) is 5.10 Å². The van der Waals surface area contributed by atoms with Crippen molar-refractivity contribution in [3.63, 3.8) is 0 Å². The minimum absolute atomic E-state index is 0.126. The monoisotopic (exact) mass is 347 g/mol. The van der Waals surface area contributed by atoms with Gasteiger partial charge < -0.3 is 0 Å². The van der Waals surface area contributed by atoms with Crippen LogP contribution in [0.5, 0.6) is 0 Å². The highest BCUT2D eigenvalue weighted by Crippen LogP contribution is 2.30. The van der Waals surface area contributed by atoms with Gasteiger partial charge in [0.15, 0.2) is 0 Å². The fourth-order valence-electron chi connectivity index (χ4n) is 3.00. The van der Waals surface area contributed by atoms with Crippen LogP contribution in [-0.2, 0) is 0 Å². The number of benzene rings is 1. The van der Waals surface area contributed by atoms with Crippen molar-refractivity contribution in [1.82, 2.24) is 14.8 Å². The molecule has 25 heavy (non-hydrogen) atoms. The molecule has 0 N–H and O–H groups in total. The Hall–Kier alpha value is -2.79. The highest BCUT2D eigenvalue weighted by Gasteiger charge is 2.18. The minimum atomic E-state index is -0.126. The summed E-state index contributed by atoms with van der Waals surface area (Å²) in [6.45, 7) is 5.85. The van der Waals surface area contributed by atoms with E-state index in [9.17, 15) is 4.79 Å². The fraction of sp³-hybridized carbons (Fsp3) is 0.150. The maximum atomic E-state index is 13.2. The largest absolute Gasteiger partial charge is 0.279 e. The summed E-state index contributed by atoms with van der Waals surface area (Å²) < 4.78 is 1.47. The quantitative estimate of drug-likeness (QED) is 0.524. The lowest BCUT2D eigenvalue weighted by molar-refractivity contribution is 0.0944. The number of pyridine rings is 1. The van der Waals surface area contributed by atoms with Crippen LogP contribution in [0.4, 0.5) is 0 Å². The molecule has 1 aromatic carbocycles. The van der Waals surface area contributed by atoms with Gasteiger partial charge in [-0.15, -0.1) is 11.3 Å². The number of hydrogen-bond acceptors (Lipinski definition) is 4. The molecule has 0 aliphatic rings. The number of fused-ring (bicyclic) bond motifs is 1. The van der Waals surface area contributed by atoms with Gasteiger partial charge in [0.25, 0.3) is 5.91 Å². The molecule has 0 atom stereocenters. The molecule has 0 fully saturated rings. The van der Waals surface area contributed by atoms with Gasteiger partial charge >= 0.3 is 0 Å². The Kier molecular flexibility index (Phi) is 3.73. The molecule has 4 rings (SSSR count). The van der Waals surface area contributed by atoms with Crippen LogP contribution in [0.2, 0.25) is 0 Å². The van der Waals surface area contributed by atoms with Gasteiger partial charge in [0.05, 0.1) is 27.3 Å². The number of thiophene rings is 1. The summed E-state index contributed by atoms with van der Waals surface area (Å²) in [6.07, 6.45) is 0. The predicted octanol–water partition coefficient (Wildman–Crippen LogP) is 4.77. The predicted molar refractivity (Wildman–Crippen MR) is 101 cm³/mol. The third-order valence-electron chi connectivity index (χ3n) is 4.14. The van der Waals surface area contributed by atoms with Gasteiger partial charge in [-0.3, -0.25) is 4.79 Å². The average Bonchev–Trinajstić information content (AvgIpc) is 3.18. The van der Waals surface area contributed by atoms with Crippen molar-refractivity contribution in [1.29, 1.82) is 0 Å².